The highest BCUT2D eigenvalue weighted by Gasteiger charge is 2.24. The lowest BCUT2D eigenvalue weighted by Gasteiger charge is -2.16. The Labute approximate surface area is 220 Å². The van der Waals surface area contributed by atoms with Crippen LogP contribution in [0, 0.1) is 18.7 Å². The van der Waals surface area contributed by atoms with Crippen LogP contribution in [0.1, 0.15) is 40.6 Å². The second-order valence-corrected chi connectivity index (χ2v) is 10.6. The monoisotopic (exact) mass is 519 g/mol. The van der Waals surface area contributed by atoms with E-state index in [4.69, 9.17) is 9.47 Å². The molecule has 0 amide bonds. The molecule has 0 saturated carbocycles. The number of carbonyl (C=O) groups is 1. The van der Waals surface area contributed by atoms with Crippen LogP contribution in [0.2, 0.25) is 0 Å². The van der Waals surface area contributed by atoms with E-state index < -0.39 is 0 Å². The predicted molar refractivity (Wildman–Crippen MR) is 145 cm³/mol. The van der Waals surface area contributed by atoms with E-state index in [-0.39, 0.29) is 17.3 Å². The number of aromatic hydroxyl groups is 1. The molecule has 37 heavy (non-hydrogen) atoms. The summed E-state index contributed by atoms with van der Waals surface area (Å²) in [5.74, 6) is 2.02. The van der Waals surface area contributed by atoms with E-state index >= 15 is 0 Å². The maximum Gasteiger partial charge on any atom is 0.207 e. The Morgan fingerprint density at radius 3 is 2.62 bits per heavy atom. The molecular formula is C30H30FNO4S. The molecule has 1 aliphatic heterocycles. The first kappa shape index (κ1) is 25.2. The molecule has 0 spiro atoms. The molecule has 0 radical (unpaired) electrons. The number of likely N-dealkylation sites (tertiary alicyclic amines) is 1. The van der Waals surface area contributed by atoms with Crippen molar-refractivity contribution in [1.82, 2.24) is 4.90 Å². The first-order chi connectivity index (χ1) is 17.9. The number of thiophene rings is 1. The minimum absolute atomic E-state index is 0.109. The number of ketones is 1. The number of rotatable bonds is 9. The number of aryl methyl sites for hydroxylation is 1. The predicted octanol–water partition coefficient (Wildman–Crippen LogP) is 7.19. The van der Waals surface area contributed by atoms with Gasteiger partial charge >= 0.3 is 0 Å². The van der Waals surface area contributed by atoms with Gasteiger partial charge in [0.2, 0.25) is 5.78 Å². The minimum Gasteiger partial charge on any atom is -0.508 e. The van der Waals surface area contributed by atoms with E-state index in [9.17, 15) is 14.3 Å². The van der Waals surface area contributed by atoms with Gasteiger partial charge in [0.05, 0.1) is 0 Å². The molecule has 1 aromatic heterocycles. The van der Waals surface area contributed by atoms with Crippen LogP contribution >= 0.6 is 11.3 Å². The Morgan fingerprint density at radius 1 is 1.11 bits per heavy atom. The minimum atomic E-state index is -0.389. The van der Waals surface area contributed by atoms with Crippen molar-refractivity contribution < 1.29 is 23.8 Å². The molecule has 7 heteroatoms. The van der Waals surface area contributed by atoms with Crippen LogP contribution in [0.5, 0.6) is 23.0 Å². The fourth-order valence-electron chi connectivity index (χ4n) is 4.78. The SMILES string of the molecule is CC[C@H]1CCN(CCOc2ccc(Oc3c(C(=O)c4ccc(F)cc4C)sc4cc(O)ccc34)cc2)C1. The van der Waals surface area contributed by atoms with Gasteiger partial charge in [-0.25, -0.2) is 4.39 Å². The molecular weight excluding hydrogens is 489 g/mol. The van der Waals surface area contributed by atoms with E-state index in [1.165, 1.54) is 42.4 Å². The van der Waals surface area contributed by atoms with Gasteiger partial charge in [-0.3, -0.25) is 9.69 Å². The number of ether oxygens (including phenoxy) is 2. The number of hydrogen-bond acceptors (Lipinski definition) is 6. The molecule has 0 aliphatic carbocycles. The number of fused-ring (bicyclic) bond motifs is 1. The van der Waals surface area contributed by atoms with Crippen LogP contribution in [-0.2, 0) is 0 Å². The Bertz CT molecular complexity index is 1420. The van der Waals surface area contributed by atoms with E-state index in [1.54, 1.807) is 25.1 Å². The second-order valence-electron chi connectivity index (χ2n) is 9.51. The van der Waals surface area contributed by atoms with Gasteiger partial charge in [-0.15, -0.1) is 11.3 Å². The molecule has 5 rings (SSSR count). The lowest BCUT2D eigenvalue weighted by atomic mass is 10.0. The summed E-state index contributed by atoms with van der Waals surface area (Å²) in [7, 11) is 0. The van der Waals surface area contributed by atoms with Crippen molar-refractivity contribution in [2.24, 2.45) is 5.92 Å². The summed E-state index contributed by atoms with van der Waals surface area (Å²) in [6.07, 6.45) is 2.50. The van der Waals surface area contributed by atoms with Crippen LogP contribution in [0.4, 0.5) is 4.39 Å². The first-order valence-electron chi connectivity index (χ1n) is 12.6. The number of phenols is 1. The lowest BCUT2D eigenvalue weighted by Crippen LogP contribution is -2.26. The van der Waals surface area contributed by atoms with E-state index in [1.807, 2.05) is 24.3 Å². The number of benzene rings is 3. The summed E-state index contributed by atoms with van der Waals surface area (Å²) in [6.45, 7) is 7.79. The quantitative estimate of drug-likeness (QED) is 0.237. The Balaban J connectivity index is 1.34. The summed E-state index contributed by atoms with van der Waals surface area (Å²) < 4.78 is 26.6. The van der Waals surface area contributed by atoms with Crippen LogP contribution in [0.15, 0.2) is 60.7 Å². The fourth-order valence-corrected chi connectivity index (χ4v) is 5.90. The molecule has 2 heterocycles. The van der Waals surface area contributed by atoms with Gasteiger partial charge in [-0.05, 0) is 92.0 Å². The fraction of sp³-hybridized carbons (Fsp3) is 0.300. The zero-order chi connectivity index (χ0) is 25.9. The highest BCUT2D eigenvalue weighted by Crippen LogP contribution is 2.43. The topological polar surface area (TPSA) is 59.0 Å². The van der Waals surface area contributed by atoms with Crippen molar-refractivity contribution in [3.05, 3.63) is 82.5 Å². The third kappa shape index (κ3) is 5.63. The number of phenolic OH excluding ortho intramolecular Hbond substituents is 1. The molecule has 1 fully saturated rings. The van der Waals surface area contributed by atoms with E-state index in [2.05, 4.69) is 11.8 Å². The van der Waals surface area contributed by atoms with Crippen LogP contribution < -0.4 is 9.47 Å². The van der Waals surface area contributed by atoms with Crippen molar-refractivity contribution >= 4 is 27.2 Å². The molecule has 5 nitrogen and oxygen atoms in total. The lowest BCUT2D eigenvalue weighted by molar-refractivity contribution is 0.104. The third-order valence-electron chi connectivity index (χ3n) is 6.93. The number of hydrogen-bond donors (Lipinski definition) is 1. The maximum atomic E-state index is 13.6. The standard InChI is InChI=1S/C30H30FNO4S/c1-3-20-12-13-32(18-20)14-15-35-23-6-8-24(9-7-23)36-29-26-11-5-22(33)17-27(26)37-30(29)28(34)25-10-4-21(31)16-19(25)2/h4-11,16-17,20,33H,3,12-15,18H2,1-2H3/t20-/m0/s1. The normalized spacial score (nSPS) is 15.8. The van der Waals surface area contributed by atoms with Gasteiger partial charge in [-0.2, -0.15) is 0 Å². The molecule has 192 valence electrons. The Kier molecular flexibility index (Phi) is 7.44. The summed E-state index contributed by atoms with van der Waals surface area (Å²) in [5.41, 5.74) is 0.964. The molecule has 1 aliphatic rings. The average Bonchev–Trinajstić information content (AvgIpc) is 3.49. The van der Waals surface area contributed by atoms with Crippen LogP contribution in [0.3, 0.4) is 0 Å². The summed E-state index contributed by atoms with van der Waals surface area (Å²) in [4.78, 5) is 16.3. The van der Waals surface area contributed by atoms with Gasteiger partial charge in [-0.1, -0.05) is 13.3 Å². The van der Waals surface area contributed by atoms with Crippen molar-refractivity contribution in [2.75, 3.05) is 26.2 Å². The first-order valence-corrected chi connectivity index (χ1v) is 13.4. The van der Waals surface area contributed by atoms with Gasteiger partial charge in [0.1, 0.15) is 34.5 Å². The third-order valence-corrected chi connectivity index (χ3v) is 8.07. The van der Waals surface area contributed by atoms with Gasteiger partial charge in [0.15, 0.2) is 5.75 Å². The van der Waals surface area contributed by atoms with Crippen LogP contribution in [0.25, 0.3) is 10.1 Å². The highest BCUT2D eigenvalue weighted by molar-refractivity contribution is 7.21. The second kappa shape index (κ2) is 10.9. The Morgan fingerprint density at radius 2 is 1.89 bits per heavy atom. The maximum absolute atomic E-state index is 13.6. The molecule has 1 N–H and O–H groups in total. The summed E-state index contributed by atoms with van der Waals surface area (Å²) >= 11 is 1.24. The molecule has 3 aromatic carbocycles. The molecule has 0 bridgehead atoms. The average molecular weight is 520 g/mol. The number of halogens is 1. The van der Waals surface area contributed by atoms with E-state index in [0.29, 0.717) is 34.1 Å². The number of nitrogens with zero attached hydrogens (tertiary/aromatic N) is 1. The Hall–Kier alpha value is -3.42. The molecule has 4 aromatic rings. The molecule has 1 saturated heterocycles. The molecule has 1 atom stereocenters. The number of carbonyl (C=O) groups excluding carboxylic acids is 1. The molecule has 0 unspecified atom stereocenters. The smallest absolute Gasteiger partial charge is 0.207 e. The van der Waals surface area contributed by atoms with Gasteiger partial charge in [0, 0.05) is 28.7 Å². The largest absolute Gasteiger partial charge is 0.508 e. The van der Waals surface area contributed by atoms with Crippen LogP contribution in [-0.4, -0.2) is 42.0 Å². The highest BCUT2D eigenvalue weighted by atomic mass is 32.1. The zero-order valence-electron chi connectivity index (χ0n) is 21.0. The van der Waals surface area contributed by atoms with Gasteiger partial charge in [0.25, 0.3) is 0 Å². The van der Waals surface area contributed by atoms with Crippen molar-refractivity contribution in [1.29, 1.82) is 0 Å². The summed E-state index contributed by atoms with van der Waals surface area (Å²) in [5, 5.41) is 10.7. The van der Waals surface area contributed by atoms with Crippen molar-refractivity contribution in [3.63, 3.8) is 0 Å². The van der Waals surface area contributed by atoms with Crippen molar-refractivity contribution in [2.45, 2.75) is 26.7 Å². The zero-order valence-corrected chi connectivity index (χ0v) is 21.8. The van der Waals surface area contributed by atoms with E-state index in [0.717, 1.165) is 41.4 Å². The summed E-state index contributed by atoms with van der Waals surface area (Å²) in [6, 6.07) is 16.4. The van der Waals surface area contributed by atoms with Crippen molar-refractivity contribution in [3.8, 4) is 23.0 Å². The van der Waals surface area contributed by atoms with Gasteiger partial charge < -0.3 is 14.6 Å².